The largest absolute Gasteiger partial charge is 0.411 e. The molecular weight excluding hydrogens is 318 g/mol. The van der Waals surface area contributed by atoms with Gasteiger partial charge in [0.05, 0.1) is 0 Å². The molecule has 0 fully saturated rings. The number of aryl methyl sites for hydroxylation is 1. The number of nitrogens with one attached hydrogen (secondary N) is 1. The van der Waals surface area contributed by atoms with Crippen LogP contribution < -0.4 is 5.32 Å². The summed E-state index contributed by atoms with van der Waals surface area (Å²) in [7, 11) is 0. The standard InChI is InChI=1S/C14H13N5O3S/c1-9-8-11(19-22-9)16-12(20)4-7-23-14-18-17-13(21-14)10-2-5-15-6-3-10/h2-3,5-6,8H,4,7H2,1H3,(H,16,19,20). The number of carbonyl (C=O) groups is 1. The van der Waals surface area contributed by atoms with Gasteiger partial charge < -0.3 is 14.3 Å². The van der Waals surface area contributed by atoms with Crippen LogP contribution in [-0.2, 0) is 4.79 Å². The van der Waals surface area contributed by atoms with Gasteiger partial charge in [0, 0.05) is 36.2 Å². The quantitative estimate of drug-likeness (QED) is 0.687. The Labute approximate surface area is 135 Å². The van der Waals surface area contributed by atoms with Crippen molar-refractivity contribution in [2.45, 2.75) is 18.6 Å². The minimum Gasteiger partial charge on any atom is -0.411 e. The van der Waals surface area contributed by atoms with Crippen molar-refractivity contribution in [2.24, 2.45) is 0 Å². The lowest BCUT2D eigenvalue weighted by Crippen LogP contribution is -2.12. The first-order chi connectivity index (χ1) is 11.2. The molecule has 1 amide bonds. The van der Waals surface area contributed by atoms with Gasteiger partial charge in [-0.1, -0.05) is 16.9 Å². The number of anilines is 1. The lowest BCUT2D eigenvalue weighted by atomic mass is 10.3. The molecule has 3 aromatic heterocycles. The number of aromatic nitrogens is 4. The zero-order chi connectivity index (χ0) is 16.1. The molecule has 23 heavy (non-hydrogen) atoms. The molecule has 3 aromatic rings. The molecule has 0 spiro atoms. The first-order valence-electron chi connectivity index (χ1n) is 6.80. The van der Waals surface area contributed by atoms with Gasteiger partial charge in [0.1, 0.15) is 5.76 Å². The summed E-state index contributed by atoms with van der Waals surface area (Å²) in [5.74, 6) is 1.84. The third kappa shape index (κ3) is 4.16. The zero-order valence-electron chi connectivity index (χ0n) is 12.2. The number of amides is 1. The predicted octanol–water partition coefficient (Wildman–Crippen LogP) is 2.55. The smallest absolute Gasteiger partial charge is 0.276 e. The zero-order valence-corrected chi connectivity index (χ0v) is 13.0. The summed E-state index contributed by atoms with van der Waals surface area (Å²) in [6, 6.07) is 5.23. The fraction of sp³-hybridized carbons (Fsp3) is 0.214. The Morgan fingerprint density at radius 3 is 2.87 bits per heavy atom. The number of nitrogens with zero attached hydrogens (tertiary/aromatic N) is 4. The highest BCUT2D eigenvalue weighted by Crippen LogP contribution is 2.23. The normalized spacial score (nSPS) is 10.7. The SMILES string of the molecule is Cc1cc(NC(=O)CCSc2nnc(-c3ccncc3)o2)no1. The van der Waals surface area contributed by atoms with Crippen molar-refractivity contribution in [1.29, 1.82) is 0 Å². The Morgan fingerprint density at radius 1 is 1.30 bits per heavy atom. The van der Waals surface area contributed by atoms with Crippen LogP contribution in [0.5, 0.6) is 0 Å². The maximum atomic E-state index is 11.8. The third-order valence-corrected chi connectivity index (χ3v) is 3.60. The topological polar surface area (TPSA) is 107 Å². The van der Waals surface area contributed by atoms with E-state index in [0.717, 1.165) is 5.56 Å². The molecule has 9 heteroatoms. The van der Waals surface area contributed by atoms with Gasteiger partial charge in [0.25, 0.3) is 5.22 Å². The third-order valence-electron chi connectivity index (χ3n) is 2.78. The molecule has 0 saturated heterocycles. The van der Waals surface area contributed by atoms with Crippen molar-refractivity contribution in [1.82, 2.24) is 20.3 Å². The lowest BCUT2D eigenvalue weighted by molar-refractivity contribution is -0.115. The predicted molar refractivity (Wildman–Crippen MR) is 82.7 cm³/mol. The second-order valence-electron chi connectivity index (χ2n) is 4.58. The Bertz CT molecular complexity index is 787. The number of carbonyl (C=O) groups excluding carboxylic acids is 1. The van der Waals surface area contributed by atoms with Gasteiger partial charge >= 0.3 is 0 Å². The van der Waals surface area contributed by atoms with Gasteiger partial charge in [-0.25, -0.2) is 0 Å². The summed E-state index contributed by atoms with van der Waals surface area (Å²) < 4.78 is 10.4. The van der Waals surface area contributed by atoms with Gasteiger partial charge in [-0.15, -0.1) is 10.2 Å². The summed E-state index contributed by atoms with van der Waals surface area (Å²) in [4.78, 5) is 15.7. The molecule has 0 aliphatic heterocycles. The van der Waals surface area contributed by atoms with E-state index in [1.165, 1.54) is 11.8 Å². The average Bonchev–Trinajstić information content (AvgIpc) is 3.17. The molecule has 0 atom stereocenters. The summed E-state index contributed by atoms with van der Waals surface area (Å²) >= 11 is 1.32. The Morgan fingerprint density at radius 2 is 2.13 bits per heavy atom. The van der Waals surface area contributed by atoms with Crippen molar-refractivity contribution in [3.63, 3.8) is 0 Å². The highest BCUT2D eigenvalue weighted by atomic mass is 32.2. The van der Waals surface area contributed by atoms with Gasteiger partial charge in [-0.2, -0.15) is 0 Å². The average molecular weight is 331 g/mol. The molecular formula is C14H13N5O3S. The van der Waals surface area contributed by atoms with E-state index in [4.69, 9.17) is 8.94 Å². The van der Waals surface area contributed by atoms with Crippen molar-refractivity contribution in [2.75, 3.05) is 11.1 Å². The van der Waals surface area contributed by atoms with Crippen LogP contribution in [0, 0.1) is 6.92 Å². The molecule has 0 saturated carbocycles. The molecule has 118 valence electrons. The maximum absolute atomic E-state index is 11.8. The van der Waals surface area contributed by atoms with E-state index < -0.39 is 0 Å². The minimum absolute atomic E-state index is 0.153. The van der Waals surface area contributed by atoms with E-state index >= 15 is 0 Å². The monoisotopic (exact) mass is 331 g/mol. The highest BCUT2D eigenvalue weighted by Gasteiger charge is 2.10. The van der Waals surface area contributed by atoms with Crippen LogP contribution in [0.3, 0.4) is 0 Å². The van der Waals surface area contributed by atoms with Gasteiger partial charge in [-0.05, 0) is 19.1 Å². The molecule has 0 aliphatic rings. The van der Waals surface area contributed by atoms with Crippen LogP contribution in [0.2, 0.25) is 0 Å². The second kappa shape index (κ2) is 7.05. The van der Waals surface area contributed by atoms with Crippen LogP contribution in [0.1, 0.15) is 12.2 Å². The number of hydrogen-bond acceptors (Lipinski definition) is 8. The van der Waals surface area contributed by atoms with Crippen LogP contribution in [0.15, 0.2) is 44.8 Å². The molecule has 1 N–H and O–H groups in total. The van der Waals surface area contributed by atoms with Gasteiger partial charge in [-0.3, -0.25) is 9.78 Å². The fourth-order valence-electron chi connectivity index (χ4n) is 1.74. The van der Waals surface area contributed by atoms with Gasteiger partial charge in [0.2, 0.25) is 11.8 Å². The first-order valence-corrected chi connectivity index (χ1v) is 7.79. The molecule has 0 bridgehead atoms. The van der Waals surface area contributed by atoms with Crippen molar-refractivity contribution < 1.29 is 13.7 Å². The Balaban J connectivity index is 1.47. The molecule has 0 radical (unpaired) electrons. The van der Waals surface area contributed by atoms with Crippen molar-refractivity contribution >= 4 is 23.5 Å². The molecule has 8 nitrogen and oxygen atoms in total. The maximum Gasteiger partial charge on any atom is 0.276 e. The number of hydrogen-bond donors (Lipinski definition) is 1. The first kappa shape index (κ1) is 15.2. The van der Waals surface area contributed by atoms with Crippen molar-refractivity contribution in [3.8, 4) is 11.5 Å². The Hall–Kier alpha value is -2.68. The van der Waals surface area contributed by atoms with Crippen LogP contribution >= 0.6 is 11.8 Å². The van der Waals surface area contributed by atoms with E-state index in [9.17, 15) is 4.79 Å². The number of thioether (sulfide) groups is 1. The molecule has 0 unspecified atom stereocenters. The number of pyridine rings is 1. The van der Waals surface area contributed by atoms with E-state index in [2.05, 4.69) is 25.7 Å². The van der Waals surface area contributed by atoms with Crippen molar-refractivity contribution in [3.05, 3.63) is 36.4 Å². The molecule has 3 rings (SSSR count). The summed E-state index contributed by atoms with van der Waals surface area (Å²) in [5.41, 5.74) is 0.804. The van der Waals surface area contributed by atoms with E-state index in [0.29, 0.717) is 34.9 Å². The molecule has 0 aliphatic carbocycles. The summed E-state index contributed by atoms with van der Waals surface area (Å²) in [6.07, 6.45) is 3.61. The molecule has 0 aromatic carbocycles. The Kier molecular flexibility index (Phi) is 4.67. The highest BCUT2D eigenvalue weighted by molar-refractivity contribution is 7.99. The van der Waals surface area contributed by atoms with Crippen LogP contribution in [0.4, 0.5) is 5.82 Å². The lowest BCUT2D eigenvalue weighted by Gasteiger charge is -1.99. The van der Waals surface area contributed by atoms with Crippen LogP contribution in [0.25, 0.3) is 11.5 Å². The summed E-state index contributed by atoms with van der Waals surface area (Å²) in [6.45, 7) is 1.76. The number of rotatable bonds is 6. The van der Waals surface area contributed by atoms with E-state index in [1.54, 1.807) is 37.5 Å². The van der Waals surface area contributed by atoms with Crippen LogP contribution in [-0.4, -0.2) is 32.0 Å². The fourth-order valence-corrected chi connectivity index (χ4v) is 2.44. The van der Waals surface area contributed by atoms with E-state index in [1.807, 2.05) is 0 Å². The molecule has 3 heterocycles. The second-order valence-corrected chi connectivity index (χ2v) is 5.62. The minimum atomic E-state index is -0.153. The van der Waals surface area contributed by atoms with E-state index in [-0.39, 0.29) is 5.91 Å². The van der Waals surface area contributed by atoms with Gasteiger partial charge in [0.15, 0.2) is 5.82 Å². The summed E-state index contributed by atoms with van der Waals surface area (Å²) in [5, 5.41) is 14.7.